The zero-order valence-corrected chi connectivity index (χ0v) is 13.8. The number of halogens is 1. The Morgan fingerprint density at radius 1 is 1.16 bits per heavy atom. The van der Waals surface area contributed by atoms with Crippen molar-refractivity contribution in [1.29, 1.82) is 0 Å². The van der Waals surface area contributed by atoms with E-state index in [9.17, 15) is 4.79 Å². The van der Waals surface area contributed by atoms with Gasteiger partial charge in [0.2, 0.25) is 5.91 Å². The zero-order valence-electron chi connectivity index (χ0n) is 12.9. The number of nitrogens with one attached hydrogen (secondary N) is 1. The molecule has 1 N–H and O–H groups in total. The fourth-order valence-corrected chi connectivity index (χ4v) is 2.28. The Morgan fingerprint density at radius 2 is 1.68 bits per heavy atom. The van der Waals surface area contributed by atoms with Gasteiger partial charge < -0.3 is 10.2 Å². The zero-order chi connectivity index (χ0) is 13.5. The smallest absolute Gasteiger partial charge is 0.239 e. The molecule has 1 fully saturated rings. The minimum atomic E-state index is 0. The van der Waals surface area contributed by atoms with Gasteiger partial charge in [0.05, 0.1) is 6.04 Å². The second kappa shape index (κ2) is 9.60. The van der Waals surface area contributed by atoms with Gasteiger partial charge >= 0.3 is 0 Å². The van der Waals surface area contributed by atoms with Crippen molar-refractivity contribution in [1.82, 2.24) is 10.2 Å². The van der Waals surface area contributed by atoms with Crippen LogP contribution < -0.4 is 5.32 Å². The van der Waals surface area contributed by atoms with Crippen molar-refractivity contribution in [3.05, 3.63) is 0 Å². The van der Waals surface area contributed by atoms with Gasteiger partial charge in [0.15, 0.2) is 0 Å². The molecule has 0 radical (unpaired) electrons. The predicted molar refractivity (Wildman–Crippen MR) is 83.8 cm³/mol. The third-order valence-electron chi connectivity index (χ3n) is 3.62. The molecule has 19 heavy (non-hydrogen) atoms. The monoisotopic (exact) mass is 290 g/mol. The lowest BCUT2D eigenvalue weighted by Crippen LogP contribution is -2.44. The molecule has 0 aromatic heterocycles. The average molecular weight is 291 g/mol. The van der Waals surface area contributed by atoms with Gasteiger partial charge in [-0.25, -0.2) is 0 Å². The maximum atomic E-state index is 12.4. The van der Waals surface area contributed by atoms with Crippen LogP contribution in [-0.4, -0.2) is 36.5 Å². The largest absolute Gasteiger partial charge is 0.341 e. The van der Waals surface area contributed by atoms with Crippen LogP contribution in [0.1, 0.15) is 53.4 Å². The van der Waals surface area contributed by atoms with Crippen molar-refractivity contribution >= 4 is 18.3 Å². The molecule has 0 bridgehead atoms. The van der Waals surface area contributed by atoms with E-state index in [2.05, 4.69) is 37.9 Å². The third-order valence-corrected chi connectivity index (χ3v) is 3.62. The van der Waals surface area contributed by atoms with Gasteiger partial charge in [0.1, 0.15) is 0 Å². The Labute approximate surface area is 124 Å². The quantitative estimate of drug-likeness (QED) is 0.781. The fourth-order valence-electron chi connectivity index (χ4n) is 2.28. The minimum absolute atomic E-state index is 0. The molecule has 1 atom stereocenters. The number of rotatable bonds is 7. The van der Waals surface area contributed by atoms with Gasteiger partial charge in [-0.2, -0.15) is 0 Å². The molecule has 0 aromatic rings. The van der Waals surface area contributed by atoms with E-state index >= 15 is 0 Å². The highest BCUT2D eigenvalue weighted by atomic mass is 35.5. The Morgan fingerprint density at radius 3 is 2.05 bits per heavy atom. The molecule has 114 valence electrons. The van der Waals surface area contributed by atoms with Crippen LogP contribution in [0.3, 0.4) is 0 Å². The molecule has 1 aliphatic rings. The molecule has 0 aromatic carbocycles. The van der Waals surface area contributed by atoms with Crippen molar-refractivity contribution in [3.8, 4) is 0 Å². The Bertz CT molecular complexity index is 239. The van der Waals surface area contributed by atoms with E-state index in [1.165, 1.54) is 0 Å². The first-order valence-electron chi connectivity index (χ1n) is 7.53. The van der Waals surface area contributed by atoms with E-state index in [1.807, 2.05) is 0 Å². The summed E-state index contributed by atoms with van der Waals surface area (Å²) in [5.74, 6) is 1.65. The second-order valence-electron chi connectivity index (χ2n) is 6.34. The first-order chi connectivity index (χ1) is 8.50. The van der Waals surface area contributed by atoms with Crippen molar-refractivity contribution in [2.24, 2.45) is 11.8 Å². The van der Waals surface area contributed by atoms with E-state index in [-0.39, 0.29) is 18.4 Å². The lowest BCUT2D eigenvalue weighted by Gasteiger charge is -2.27. The summed E-state index contributed by atoms with van der Waals surface area (Å²) in [6, 6.07) is 0.0873. The molecule has 0 saturated carbocycles. The van der Waals surface area contributed by atoms with E-state index < -0.39 is 0 Å². The van der Waals surface area contributed by atoms with E-state index in [0.29, 0.717) is 17.7 Å². The topological polar surface area (TPSA) is 32.3 Å². The molecule has 0 spiro atoms. The van der Waals surface area contributed by atoms with Gasteiger partial charge in [-0.15, -0.1) is 12.4 Å². The SMILES string of the molecule is CC(C)CCN(CCC(C)C)C(=O)C1CCCN1.Cl. The second-order valence-corrected chi connectivity index (χ2v) is 6.34. The summed E-state index contributed by atoms with van der Waals surface area (Å²) in [5, 5.41) is 3.32. The molecule has 1 rings (SSSR count). The maximum absolute atomic E-state index is 12.4. The van der Waals surface area contributed by atoms with Crippen molar-refractivity contribution in [2.75, 3.05) is 19.6 Å². The van der Waals surface area contributed by atoms with E-state index in [1.54, 1.807) is 0 Å². The molecular formula is C15H31ClN2O. The highest BCUT2D eigenvalue weighted by Crippen LogP contribution is 2.12. The Balaban J connectivity index is 0.00000324. The fraction of sp³-hybridized carbons (Fsp3) is 0.933. The molecule has 1 heterocycles. The number of amides is 1. The summed E-state index contributed by atoms with van der Waals surface area (Å²) >= 11 is 0. The van der Waals surface area contributed by atoms with Crippen LogP contribution in [0.15, 0.2) is 0 Å². The van der Waals surface area contributed by atoms with Gasteiger partial charge in [-0.3, -0.25) is 4.79 Å². The summed E-state index contributed by atoms with van der Waals surface area (Å²) in [4.78, 5) is 14.5. The van der Waals surface area contributed by atoms with Gasteiger partial charge in [0, 0.05) is 13.1 Å². The molecule has 3 nitrogen and oxygen atoms in total. The van der Waals surface area contributed by atoms with Crippen molar-refractivity contribution in [3.63, 3.8) is 0 Å². The summed E-state index contributed by atoms with van der Waals surface area (Å²) in [5.41, 5.74) is 0. The van der Waals surface area contributed by atoms with E-state index in [4.69, 9.17) is 0 Å². The van der Waals surface area contributed by atoms with Crippen LogP contribution in [0.2, 0.25) is 0 Å². The number of carbonyl (C=O) groups is 1. The lowest BCUT2D eigenvalue weighted by molar-refractivity contribution is -0.133. The van der Waals surface area contributed by atoms with Gasteiger partial charge in [0.25, 0.3) is 0 Å². The third kappa shape index (κ3) is 7.17. The number of hydrogen-bond acceptors (Lipinski definition) is 2. The predicted octanol–water partition coefficient (Wildman–Crippen LogP) is 3.08. The average Bonchev–Trinajstić information content (AvgIpc) is 2.81. The van der Waals surface area contributed by atoms with E-state index in [0.717, 1.165) is 45.3 Å². The molecule has 1 aliphatic heterocycles. The van der Waals surface area contributed by atoms with Gasteiger partial charge in [-0.1, -0.05) is 27.7 Å². The molecule has 0 aliphatic carbocycles. The number of nitrogens with zero attached hydrogens (tertiary/aromatic N) is 1. The summed E-state index contributed by atoms with van der Waals surface area (Å²) < 4.78 is 0. The number of carbonyl (C=O) groups excluding carboxylic acids is 1. The van der Waals surface area contributed by atoms with Crippen LogP contribution in [0.25, 0.3) is 0 Å². The molecule has 1 amide bonds. The van der Waals surface area contributed by atoms with Crippen LogP contribution in [-0.2, 0) is 4.79 Å². The molecular weight excluding hydrogens is 260 g/mol. The maximum Gasteiger partial charge on any atom is 0.239 e. The Kier molecular flexibility index (Phi) is 9.46. The summed E-state index contributed by atoms with van der Waals surface area (Å²) in [7, 11) is 0. The first kappa shape index (κ1) is 18.7. The Hall–Kier alpha value is -0.280. The normalized spacial score (nSPS) is 18.7. The molecule has 1 saturated heterocycles. The highest BCUT2D eigenvalue weighted by Gasteiger charge is 2.26. The minimum Gasteiger partial charge on any atom is -0.341 e. The molecule has 1 unspecified atom stereocenters. The summed E-state index contributed by atoms with van der Waals surface area (Å²) in [6.07, 6.45) is 4.37. The van der Waals surface area contributed by atoms with Crippen molar-refractivity contribution < 1.29 is 4.79 Å². The van der Waals surface area contributed by atoms with Crippen molar-refractivity contribution in [2.45, 2.75) is 59.4 Å². The van der Waals surface area contributed by atoms with Crippen LogP contribution in [0.5, 0.6) is 0 Å². The van der Waals surface area contributed by atoms with Crippen LogP contribution in [0, 0.1) is 11.8 Å². The molecule has 4 heteroatoms. The van der Waals surface area contributed by atoms with Crippen LogP contribution in [0.4, 0.5) is 0 Å². The number of hydrogen-bond donors (Lipinski definition) is 1. The standard InChI is InChI=1S/C15H30N2O.ClH/c1-12(2)7-10-17(11-8-13(3)4)15(18)14-6-5-9-16-14;/h12-14,16H,5-11H2,1-4H3;1H. The highest BCUT2D eigenvalue weighted by molar-refractivity contribution is 5.85. The lowest BCUT2D eigenvalue weighted by atomic mass is 10.1. The van der Waals surface area contributed by atoms with Gasteiger partial charge in [-0.05, 0) is 44.1 Å². The van der Waals surface area contributed by atoms with Crippen LogP contribution >= 0.6 is 12.4 Å². The first-order valence-corrected chi connectivity index (χ1v) is 7.53. The summed E-state index contributed by atoms with van der Waals surface area (Å²) in [6.45, 7) is 11.7.